The van der Waals surface area contributed by atoms with Gasteiger partial charge in [0.05, 0.1) is 21.1 Å². The lowest BCUT2D eigenvalue weighted by Gasteiger charge is -2.07. The molecule has 0 saturated heterocycles. The van der Waals surface area contributed by atoms with E-state index in [9.17, 15) is 0 Å². The van der Waals surface area contributed by atoms with Crippen molar-refractivity contribution in [3.05, 3.63) is 40.2 Å². The molecule has 8 heteroatoms. The summed E-state index contributed by atoms with van der Waals surface area (Å²) in [6.07, 6.45) is 2.62. The second-order valence-electron chi connectivity index (χ2n) is 4.47. The van der Waals surface area contributed by atoms with Crippen LogP contribution >= 0.6 is 34.8 Å². The Labute approximate surface area is 135 Å². The Bertz CT molecular complexity index is 754. The number of aryl methyl sites for hydroxylation is 3. The summed E-state index contributed by atoms with van der Waals surface area (Å²) in [5, 5.41) is 4.80. The topological polar surface area (TPSA) is 56.7 Å². The average molecular weight is 346 g/mol. The lowest BCUT2D eigenvalue weighted by molar-refractivity contribution is 0.408. The van der Waals surface area contributed by atoms with Crippen molar-refractivity contribution in [2.45, 2.75) is 19.4 Å². The molecule has 0 bridgehead atoms. The molecule has 5 nitrogen and oxygen atoms in total. The molecule has 2 heterocycles. The third kappa shape index (κ3) is 3.00. The lowest BCUT2D eigenvalue weighted by Crippen LogP contribution is -2.07. The Morgan fingerprint density at radius 2 is 1.95 bits per heavy atom. The first-order chi connectivity index (χ1) is 10.2. The molecule has 2 aromatic heterocycles. The normalized spacial score (nSPS) is 11.4. The number of aromatic nitrogens is 4. The van der Waals surface area contributed by atoms with Crippen molar-refractivity contribution in [2.24, 2.45) is 0 Å². The van der Waals surface area contributed by atoms with Crippen LogP contribution in [-0.2, 0) is 19.4 Å². The van der Waals surface area contributed by atoms with Crippen molar-refractivity contribution in [1.82, 2.24) is 19.7 Å². The van der Waals surface area contributed by atoms with Crippen molar-refractivity contribution in [3.8, 4) is 0 Å². The predicted molar refractivity (Wildman–Crippen MR) is 82.2 cm³/mol. The molecule has 3 rings (SSSR count). The fourth-order valence-electron chi connectivity index (χ4n) is 2.21. The fourth-order valence-corrected chi connectivity index (χ4v) is 2.69. The van der Waals surface area contributed by atoms with Crippen LogP contribution in [0.2, 0.25) is 10.0 Å². The third-order valence-electron chi connectivity index (χ3n) is 3.15. The summed E-state index contributed by atoms with van der Waals surface area (Å²) in [6, 6.07) is 3.59. The van der Waals surface area contributed by atoms with E-state index in [1.54, 1.807) is 6.07 Å². The van der Waals surface area contributed by atoms with E-state index in [1.165, 1.54) is 6.39 Å². The van der Waals surface area contributed by atoms with Crippen LogP contribution in [0.3, 0.4) is 0 Å². The minimum atomic E-state index is 0.490. The van der Waals surface area contributed by atoms with E-state index in [-0.39, 0.29) is 0 Å². The van der Waals surface area contributed by atoms with Gasteiger partial charge in [0.25, 0.3) is 0 Å². The first-order valence-corrected chi connectivity index (χ1v) is 7.63. The van der Waals surface area contributed by atoms with E-state index in [4.69, 9.17) is 39.3 Å². The van der Waals surface area contributed by atoms with Gasteiger partial charge < -0.3 is 9.09 Å². The summed E-state index contributed by atoms with van der Waals surface area (Å²) in [5.41, 5.74) is 1.73. The highest BCUT2D eigenvalue weighted by Gasteiger charge is 2.13. The lowest BCUT2D eigenvalue weighted by atomic mass is 10.3. The van der Waals surface area contributed by atoms with E-state index in [1.807, 2.05) is 6.07 Å². The van der Waals surface area contributed by atoms with Gasteiger partial charge in [-0.2, -0.15) is 4.98 Å². The van der Waals surface area contributed by atoms with Crippen molar-refractivity contribution >= 4 is 45.8 Å². The predicted octanol–water partition coefficient (Wildman–Crippen LogP) is 3.75. The Kier molecular flexibility index (Phi) is 4.33. The molecule has 1 aromatic carbocycles. The van der Waals surface area contributed by atoms with Gasteiger partial charge in [-0.05, 0) is 12.1 Å². The van der Waals surface area contributed by atoms with Gasteiger partial charge in [0.15, 0.2) is 5.82 Å². The summed E-state index contributed by atoms with van der Waals surface area (Å²) in [6.45, 7) is 0.667. The standard InChI is InChI=1S/C13H11Cl3N4O/c14-3-1-13-18-10-5-8(15)9(16)6-11(10)20(13)4-2-12-17-7-21-19-12/h5-7H,1-4H2. The van der Waals surface area contributed by atoms with E-state index in [2.05, 4.69) is 19.7 Å². The van der Waals surface area contributed by atoms with Crippen molar-refractivity contribution in [1.29, 1.82) is 0 Å². The molecule has 3 aromatic rings. The molecule has 0 aliphatic carbocycles. The first kappa shape index (κ1) is 14.6. The van der Waals surface area contributed by atoms with Crippen LogP contribution in [0.1, 0.15) is 11.6 Å². The van der Waals surface area contributed by atoms with Crippen LogP contribution in [0.15, 0.2) is 23.0 Å². The Balaban J connectivity index is 2.00. The quantitative estimate of drug-likeness (QED) is 0.661. The van der Waals surface area contributed by atoms with Crippen molar-refractivity contribution in [3.63, 3.8) is 0 Å². The van der Waals surface area contributed by atoms with Gasteiger partial charge in [0.1, 0.15) is 5.82 Å². The monoisotopic (exact) mass is 344 g/mol. The zero-order valence-electron chi connectivity index (χ0n) is 10.9. The smallest absolute Gasteiger partial charge is 0.213 e. The Morgan fingerprint density at radius 1 is 1.14 bits per heavy atom. The van der Waals surface area contributed by atoms with Gasteiger partial charge in [-0.25, -0.2) is 4.98 Å². The molecule has 0 unspecified atom stereocenters. The van der Waals surface area contributed by atoms with Gasteiger partial charge in [-0.3, -0.25) is 0 Å². The van der Waals surface area contributed by atoms with E-state index in [0.29, 0.717) is 41.1 Å². The molecule has 0 spiro atoms. The van der Waals surface area contributed by atoms with E-state index < -0.39 is 0 Å². The highest BCUT2D eigenvalue weighted by Crippen LogP contribution is 2.28. The summed E-state index contributed by atoms with van der Waals surface area (Å²) < 4.78 is 6.80. The number of imidazole rings is 1. The van der Waals surface area contributed by atoms with Crippen LogP contribution in [0, 0.1) is 0 Å². The van der Waals surface area contributed by atoms with Crippen LogP contribution in [0.5, 0.6) is 0 Å². The molecule has 0 atom stereocenters. The molecule has 0 N–H and O–H groups in total. The molecule has 0 saturated carbocycles. The van der Waals surface area contributed by atoms with E-state index in [0.717, 1.165) is 16.9 Å². The second kappa shape index (κ2) is 6.22. The molecule has 21 heavy (non-hydrogen) atoms. The number of rotatable bonds is 5. The molecule has 0 amide bonds. The molecule has 0 aliphatic heterocycles. The maximum Gasteiger partial charge on any atom is 0.213 e. The minimum absolute atomic E-state index is 0.490. The molecular weight excluding hydrogens is 335 g/mol. The number of alkyl halides is 1. The molecule has 110 valence electrons. The van der Waals surface area contributed by atoms with Gasteiger partial charge in [-0.15, -0.1) is 11.6 Å². The molecular formula is C13H11Cl3N4O. The minimum Gasteiger partial charge on any atom is -0.343 e. The number of nitrogens with zero attached hydrogens (tertiary/aromatic N) is 4. The molecule has 0 fully saturated rings. The summed E-state index contributed by atoms with van der Waals surface area (Å²) in [7, 11) is 0. The second-order valence-corrected chi connectivity index (χ2v) is 5.66. The summed E-state index contributed by atoms with van der Waals surface area (Å²) in [5.74, 6) is 2.03. The zero-order valence-corrected chi connectivity index (χ0v) is 13.2. The largest absolute Gasteiger partial charge is 0.343 e. The van der Waals surface area contributed by atoms with Crippen molar-refractivity contribution in [2.75, 3.05) is 5.88 Å². The van der Waals surface area contributed by atoms with Crippen LogP contribution in [0.25, 0.3) is 11.0 Å². The number of fused-ring (bicyclic) bond motifs is 1. The van der Waals surface area contributed by atoms with E-state index >= 15 is 0 Å². The maximum atomic E-state index is 6.11. The highest BCUT2D eigenvalue weighted by atomic mass is 35.5. The summed E-state index contributed by atoms with van der Waals surface area (Å²) >= 11 is 18.0. The van der Waals surface area contributed by atoms with Crippen LogP contribution < -0.4 is 0 Å². The third-order valence-corrected chi connectivity index (χ3v) is 4.06. The average Bonchev–Trinajstić information content (AvgIpc) is 3.06. The van der Waals surface area contributed by atoms with Crippen LogP contribution in [-0.4, -0.2) is 25.6 Å². The number of benzene rings is 1. The zero-order chi connectivity index (χ0) is 14.8. The van der Waals surface area contributed by atoms with Gasteiger partial charge in [0.2, 0.25) is 6.39 Å². The van der Waals surface area contributed by atoms with Gasteiger partial charge in [-0.1, -0.05) is 28.4 Å². The number of hydrogen-bond acceptors (Lipinski definition) is 4. The SMILES string of the molecule is ClCCc1nc2cc(Cl)c(Cl)cc2n1CCc1ncon1. The Morgan fingerprint density at radius 3 is 2.67 bits per heavy atom. The van der Waals surface area contributed by atoms with Crippen LogP contribution in [0.4, 0.5) is 0 Å². The van der Waals surface area contributed by atoms with Gasteiger partial charge in [0, 0.05) is 25.3 Å². The number of hydrogen-bond donors (Lipinski definition) is 0. The number of halogens is 3. The molecule has 0 radical (unpaired) electrons. The Hall–Kier alpha value is -1.30. The summed E-state index contributed by atoms with van der Waals surface area (Å²) in [4.78, 5) is 8.59. The fraction of sp³-hybridized carbons (Fsp3) is 0.308. The van der Waals surface area contributed by atoms with Gasteiger partial charge >= 0.3 is 0 Å². The van der Waals surface area contributed by atoms with Crippen molar-refractivity contribution < 1.29 is 4.52 Å². The maximum absolute atomic E-state index is 6.11. The molecule has 0 aliphatic rings. The first-order valence-electron chi connectivity index (χ1n) is 6.34. The highest BCUT2D eigenvalue weighted by molar-refractivity contribution is 6.42.